The van der Waals surface area contributed by atoms with Crippen LogP contribution < -0.4 is 10.2 Å². The van der Waals surface area contributed by atoms with Crippen molar-refractivity contribution >= 4 is 34.7 Å². The number of nitrogens with zero attached hydrogens (tertiary/aromatic N) is 3. The number of esters is 1. The maximum absolute atomic E-state index is 14.2. The molecule has 2 heterocycles. The Balaban J connectivity index is 1.18. The Labute approximate surface area is 253 Å². The number of amides is 1. The minimum Gasteiger partial charge on any atom is -0.469 e. The number of hydrogen-bond donors (Lipinski definition) is 1. The summed E-state index contributed by atoms with van der Waals surface area (Å²) in [6.07, 6.45) is 13.8. The highest BCUT2D eigenvalue weighted by molar-refractivity contribution is 7.15. The van der Waals surface area contributed by atoms with E-state index in [-0.39, 0.29) is 23.7 Å². The van der Waals surface area contributed by atoms with Gasteiger partial charge in [-0.1, -0.05) is 18.2 Å². The van der Waals surface area contributed by atoms with Crippen molar-refractivity contribution in [3.63, 3.8) is 0 Å². The van der Waals surface area contributed by atoms with Gasteiger partial charge in [-0.2, -0.15) is 0 Å². The zero-order valence-corrected chi connectivity index (χ0v) is 25.6. The first-order chi connectivity index (χ1) is 20.5. The van der Waals surface area contributed by atoms with E-state index >= 15 is 0 Å². The number of hydrogen-bond acceptors (Lipinski definition) is 7. The van der Waals surface area contributed by atoms with Gasteiger partial charge in [-0.25, -0.2) is 9.97 Å². The fraction of sp³-hybridized carbons (Fsp3) is 0.529. The monoisotopic (exact) mass is 586 g/mol. The highest BCUT2D eigenvalue weighted by Gasteiger charge is 2.35. The molecule has 0 unspecified atom stereocenters. The number of carbonyl (C=O) groups excluding carboxylic acids is 2. The summed E-state index contributed by atoms with van der Waals surface area (Å²) in [5, 5.41) is 4.33. The Hall–Kier alpha value is -3.26. The highest BCUT2D eigenvalue weighted by atomic mass is 32.1. The van der Waals surface area contributed by atoms with Crippen molar-refractivity contribution in [1.29, 1.82) is 0 Å². The van der Waals surface area contributed by atoms with Crippen LogP contribution in [0, 0.1) is 17.8 Å². The van der Waals surface area contributed by atoms with Gasteiger partial charge < -0.3 is 15.0 Å². The van der Waals surface area contributed by atoms with Crippen molar-refractivity contribution in [3.8, 4) is 10.4 Å². The average Bonchev–Trinajstić information content (AvgIpc) is 3.79. The molecule has 0 atom stereocenters. The molecule has 0 bridgehead atoms. The van der Waals surface area contributed by atoms with Gasteiger partial charge in [0.1, 0.15) is 5.82 Å². The number of thiazole rings is 1. The second-order valence-electron chi connectivity index (χ2n) is 12.4. The SMILES string of the molecule is CNc1ccc(C2CCC(CN(C(=O)C3CCC(C(=O)OC)CC3)c3cccc(-c4cnc(C5CC5)s4)c3)CC2)cn1. The third kappa shape index (κ3) is 6.54. The van der Waals surface area contributed by atoms with Crippen molar-refractivity contribution < 1.29 is 14.3 Å². The second-order valence-corrected chi connectivity index (χ2v) is 13.4. The minimum absolute atomic E-state index is 0.0625. The fourth-order valence-corrected chi connectivity index (χ4v) is 7.87. The summed E-state index contributed by atoms with van der Waals surface area (Å²) in [4.78, 5) is 38.8. The van der Waals surface area contributed by atoms with Crippen LogP contribution in [0.4, 0.5) is 11.5 Å². The van der Waals surface area contributed by atoms with Gasteiger partial charge in [-0.3, -0.25) is 9.59 Å². The van der Waals surface area contributed by atoms with Gasteiger partial charge >= 0.3 is 5.97 Å². The molecule has 0 saturated heterocycles. The highest BCUT2D eigenvalue weighted by Crippen LogP contribution is 2.44. The number of nitrogens with one attached hydrogen (secondary N) is 1. The van der Waals surface area contributed by atoms with Gasteiger partial charge in [0.15, 0.2) is 0 Å². The molecular formula is C34H42N4O3S. The number of pyridine rings is 1. The quantitative estimate of drug-likeness (QED) is 0.263. The van der Waals surface area contributed by atoms with Gasteiger partial charge in [0.25, 0.3) is 0 Å². The van der Waals surface area contributed by atoms with E-state index in [1.54, 1.807) is 11.3 Å². The van der Waals surface area contributed by atoms with Crippen LogP contribution in [-0.2, 0) is 14.3 Å². The van der Waals surface area contributed by atoms with Crippen molar-refractivity contribution in [2.24, 2.45) is 17.8 Å². The van der Waals surface area contributed by atoms with Crippen LogP contribution >= 0.6 is 11.3 Å². The predicted molar refractivity (Wildman–Crippen MR) is 168 cm³/mol. The van der Waals surface area contributed by atoms with Crippen LogP contribution in [0.25, 0.3) is 10.4 Å². The largest absolute Gasteiger partial charge is 0.469 e. The number of ether oxygens (including phenoxy) is 1. The lowest BCUT2D eigenvalue weighted by Crippen LogP contribution is -2.42. The van der Waals surface area contributed by atoms with E-state index in [0.717, 1.165) is 62.1 Å². The molecule has 3 aliphatic carbocycles. The second kappa shape index (κ2) is 12.9. The number of rotatable bonds is 9. The van der Waals surface area contributed by atoms with E-state index in [0.29, 0.717) is 30.6 Å². The maximum atomic E-state index is 14.2. The minimum atomic E-state index is -0.145. The summed E-state index contributed by atoms with van der Waals surface area (Å²) < 4.78 is 4.98. The molecule has 6 rings (SSSR count). The van der Waals surface area contributed by atoms with E-state index < -0.39 is 0 Å². The van der Waals surface area contributed by atoms with Crippen molar-refractivity contribution in [2.45, 2.75) is 76.0 Å². The molecule has 0 aliphatic heterocycles. The average molecular weight is 587 g/mol. The van der Waals surface area contributed by atoms with Gasteiger partial charge in [0.05, 0.1) is 22.9 Å². The van der Waals surface area contributed by atoms with Crippen LogP contribution in [-0.4, -0.2) is 42.5 Å². The van der Waals surface area contributed by atoms with E-state index in [1.165, 1.54) is 35.4 Å². The van der Waals surface area contributed by atoms with E-state index in [9.17, 15) is 9.59 Å². The zero-order valence-electron chi connectivity index (χ0n) is 24.8. The Morgan fingerprint density at radius 3 is 2.31 bits per heavy atom. The van der Waals surface area contributed by atoms with Gasteiger partial charge in [-0.05, 0) is 105 Å². The summed E-state index contributed by atoms with van der Waals surface area (Å²) in [6.45, 7) is 0.735. The molecule has 3 saturated carbocycles. The smallest absolute Gasteiger partial charge is 0.308 e. The molecule has 1 amide bonds. The lowest BCUT2D eigenvalue weighted by Gasteiger charge is -2.36. The van der Waals surface area contributed by atoms with Gasteiger partial charge in [0, 0.05) is 43.5 Å². The molecule has 3 fully saturated rings. The normalized spacial score (nSPS) is 24.1. The van der Waals surface area contributed by atoms with Crippen LogP contribution in [0.2, 0.25) is 0 Å². The van der Waals surface area contributed by atoms with Crippen LogP contribution in [0.1, 0.15) is 86.6 Å². The van der Waals surface area contributed by atoms with Crippen LogP contribution in [0.3, 0.4) is 0 Å². The molecular weight excluding hydrogens is 544 g/mol. The topological polar surface area (TPSA) is 84.4 Å². The number of carbonyl (C=O) groups is 2. The first-order valence-electron chi connectivity index (χ1n) is 15.6. The predicted octanol–water partition coefficient (Wildman–Crippen LogP) is 7.41. The summed E-state index contributed by atoms with van der Waals surface area (Å²) in [5.74, 6) is 2.41. The van der Waals surface area contributed by atoms with E-state index in [4.69, 9.17) is 9.72 Å². The standard InChI is InChI=1S/C34H42N4O3S/c1-35-31-17-16-28(19-36-31)23-8-6-22(7-9-23)21-38(33(39)25-12-14-26(15-13-25)34(40)41-2)29-5-3-4-27(18-29)30-20-37-32(42-30)24-10-11-24/h3-5,16-20,22-26H,6-15,21H2,1-2H3,(H,35,36). The fourth-order valence-electron chi connectivity index (χ4n) is 6.78. The molecule has 1 N–H and O–H groups in total. The Kier molecular flexibility index (Phi) is 8.89. The molecule has 7 nitrogen and oxygen atoms in total. The lowest BCUT2D eigenvalue weighted by molar-refractivity contribution is -0.147. The third-order valence-corrected chi connectivity index (χ3v) is 10.8. The number of benzene rings is 1. The molecule has 3 aliphatic rings. The van der Waals surface area contributed by atoms with Crippen LogP contribution in [0.5, 0.6) is 0 Å². The van der Waals surface area contributed by atoms with Crippen molar-refractivity contribution in [2.75, 3.05) is 30.9 Å². The summed E-state index contributed by atoms with van der Waals surface area (Å²) >= 11 is 1.79. The van der Waals surface area contributed by atoms with E-state index in [1.807, 2.05) is 19.4 Å². The molecule has 3 aromatic rings. The molecule has 0 spiro atoms. The molecule has 1 aromatic carbocycles. The Morgan fingerprint density at radius 1 is 0.905 bits per heavy atom. The molecule has 222 valence electrons. The molecule has 42 heavy (non-hydrogen) atoms. The Bertz CT molecular complexity index is 1370. The molecule has 8 heteroatoms. The summed E-state index contributed by atoms with van der Waals surface area (Å²) in [6, 6.07) is 12.7. The molecule has 0 radical (unpaired) electrons. The van der Waals surface area contributed by atoms with Gasteiger partial charge in [0.2, 0.25) is 5.91 Å². The number of aromatic nitrogens is 2. The third-order valence-electron chi connectivity index (χ3n) is 9.57. The van der Waals surface area contributed by atoms with Crippen LogP contribution in [0.15, 0.2) is 48.8 Å². The first kappa shape index (κ1) is 28.8. The lowest BCUT2D eigenvalue weighted by atomic mass is 9.78. The summed E-state index contributed by atoms with van der Waals surface area (Å²) in [5.41, 5.74) is 3.42. The maximum Gasteiger partial charge on any atom is 0.308 e. The zero-order chi connectivity index (χ0) is 29.1. The van der Waals surface area contributed by atoms with E-state index in [2.05, 4.69) is 51.6 Å². The van der Waals surface area contributed by atoms with Crippen molar-refractivity contribution in [3.05, 3.63) is 59.4 Å². The first-order valence-corrected chi connectivity index (χ1v) is 16.4. The van der Waals surface area contributed by atoms with Gasteiger partial charge in [-0.15, -0.1) is 11.3 Å². The summed E-state index contributed by atoms with van der Waals surface area (Å²) in [7, 11) is 3.34. The number of methoxy groups -OCH3 is 1. The Morgan fingerprint density at radius 2 is 1.64 bits per heavy atom. The van der Waals surface area contributed by atoms with Crippen molar-refractivity contribution in [1.82, 2.24) is 9.97 Å². The molecule has 2 aromatic heterocycles. The number of anilines is 2.